The highest BCUT2D eigenvalue weighted by Crippen LogP contribution is 2.14. The Labute approximate surface area is 93.3 Å². The van der Waals surface area contributed by atoms with Gasteiger partial charge in [0.15, 0.2) is 11.4 Å². The van der Waals surface area contributed by atoms with Gasteiger partial charge in [0.25, 0.3) is 0 Å². The van der Waals surface area contributed by atoms with E-state index in [1.165, 1.54) is 0 Å². The number of nitriles is 1. The van der Waals surface area contributed by atoms with Crippen molar-refractivity contribution >= 4 is 16.0 Å². The molecule has 0 aromatic rings. The minimum Gasteiger partial charge on any atom is -0.480 e. The van der Waals surface area contributed by atoms with E-state index in [2.05, 4.69) is 0 Å². The second-order valence-electron chi connectivity index (χ2n) is 3.37. The maximum absolute atomic E-state index is 11.8. The minimum atomic E-state index is -3.90. The average Bonchev–Trinajstić information content (AvgIpc) is 2.27. The summed E-state index contributed by atoms with van der Waals surface area (Å²) in [5.41, 5.74) is 0. The molecule has 1 fully saturated rings. The molecule has 1 aliphatic heterocycles. The molecule has 0 spiro atoms. The van der Waals surface area contributed by atoms with E-state index < -0.39 is 27.3 Å². The van der Waals surface area contributed by atoms with Gasteiger partial charge in [-0.1, -0.05) is 0 Å². The van der Waals surface area contributed by atoms with Crippen LogP contribution in [0.4, 0.5) is 0 Å². The fraction of sp³-hybridized carbons (Fsp3) is 0.750. The summed E-state index contributed by atoms with van der Waals surface area (Å²) in [4.78, 5) is 10.6. The molecule has 0 amide bonds. The number of aliphatic carboxylic acids is 1. The van der Waals surface area contributed by atoms with E-state index in [1.807, 2.05) is 0 Å². The largest absolute Gasteiger partial charge is 0.480 e. The molecule has 0 radical (unpaired) electrons. The summed E-state index contributed by atoms with van der Waals surface area (Å²) < 4.78 is 29.5. The summed E-state index contributed by atoms with van der Waals surface area (Å²) in [5.74, 6) is -1.40. The molecule has 1 N–H and O–H groups in total. The zero-order chi connectivity index (χ0) is 12.3. The van der Waals surface area contributed by atoms with Crippen LogP contribution in [-0.2, 0) is 19.6 Å². The Morgan fingerprint density at radius 1 is 1.69 bits per heavy atom. The number of ether oxygens (including phenoxy) is 1. The third-order valence-electron chi connectivity index (χ3n) is 2.33. The highest BCUT2D eigenvalue weighted by Gasteiger charge is 2.36. The molecule has 0 saturated carbocycles. The average molecular weight is 248 g/mol. The van der Waals surface area contributed by atoms with E-state index in [9.17, 15) is 13.2 Å². The third kappa shape index (κ3) is 2.49. The van der Waals surface area contributed by atoms with Crippen molar-refractivity contribution in [1.29, 1.82) is 5.26 Å². The lowest BCUT2D eigenvalue weighted by Gasteiger charge is -2.30. The maximum atomic E-state index is 11.8. The molecular weight excluding hydrogens is 236 g/mol. The second-order valence-corrected chi connectivity index (χ2v) is 5.63. The Kier molecular flexibility index (Phi) is 3.85. The summed E-state index contributed by atoms with van der Waals surface area (Å²) >= 11 is 0. The maximum Gasteiger partial charge on any atom is 0.323 e. The quantitative estimate of drug-likeness (QED) is 0.687. The van der Waals surface area contributed by atoms with Gasteiger partial charge in [-0.15, -0.1) is 0 Å². The number of sulfonamides is 1. The minimum absolute atomic E-state index is 0.0815. The number of carboxylic acids is 1. The molecular formula is C8H12N2O5S. The summed E-state index contributed by atoms with van der Waals surface area (Å²) in [5, 5.41) is 15.8. The zero-order valence-corrected chi connectivity index (χ0v) is 9.48. The van der Waals surface area contributed by atoms with Gasteiger partial charge in [0, 0.05) is 6.54 Å². The molecule has 16 heavy (non-hydrogen) atoms. The molecule has 0 bridgehead atoms. The monoisotopic (exact) mass is 248 g/mol. The molecule has 7 nitrogen and oxygen atoms in total. The highest BCUT2D eigenvalue weighted by molar-refractivity contribution is 7.90. The highest BCUT2D eigenvalue weighted by atomic mass is 32.2. The fourth-order valence-corrected chi connectivity index (χ4v) is 2.66. The summed E-state index contributed by atoms with van der Waals surface area (Å²) in [6, 6.07) is 1.80. The van der Waals surface area contributed by atoms with Crippen molar-refractivity contribution < 1.29 is 23.1 Å². The van der Waals surface area contributed by atoms with Crippen LogP contribution in [0.2, 0.25) is 0 Å². The molecule has 2 unspecified atom stereocenters. The Morgan fingerprint density at radius 3 is 2.81 bits per heavy atom. The standard InChI is InChI=1S/C8H12N2O5S/c1-6(8(11)12)16(13,14)10-2-3-15-7(4-9)5-10/h6-7H,2-3,5H2,1H3,(H,11,12). The van der Waals surface area contributed by atoms with Crippen molar-refractivity contribution in [3.05, 3.63) is 0 Å². The first kappa shape index (κ1) is 12.9. The number of carboxylic acid groups (broad SMARTS) is 1. The Balaban J connectivity index is 2.84. The number of hydrogen-bond donors (Lipinski definition) is 1. The van der Waals surface area contributed by atoms with Crippen molar-refractivity contribution in [2.45, 2.75) is 18.3 Å². The van der Waals surface area contributed by atoms with Gasteiger partial charge in [0.05, 0.1) is 19.2 Å². The smallest absolute Gasteiger partial charge is 0.323 e. The number of carbonyl (C=O) groups is 1. The van der Waals surface area contributed by atoms with Crippen LogP contribution in [0.5, 0.6) is 0 Å². The van der Waals surface area contributed by atoms with Crippen molar-refractivity contribution in [1.82, 2.24) is 4.31 Å². The Morgan fingerprint density at radius 2 is 2.31 bits per heavy atom. The molecule has 0 aromatic carbocycles. The Bertz CT molecular complexity index is 413. The van der Waals surface area contributed by atoms with Gasteiger partial charge >= 0.3 is 5.97 Å². The second kappa shape index (κ2) is 4.78. The SMILES string of the molecule is CC(C(=O)O)S(=O)(=O)N1CCOC(C#N)C1. The molecule has 1 aliphatic rings. The van der Waals surface area contributed by atoms with E-state index in [0.29, 0.717) is 0 Å². The van der Waals surface area contributed by atoms with Crippen LogP contribution >= 0.6 is 0 Å². The number of nitrogens with zero attached hydrogens (tertiary/aromatic N) is 2. The van der Waals surface area contributed by atoms with Gasteiger partial charge < -0.3 is 9.84 Å². The topological polar surface area (TPSA) is 108 Å². The molecule has 1 heterocycles. The van der Waals surface area contributed by atoms with E-state index >= 15 is 0 Å². The van der Waals surface area contributed by atoms with Crippen molar-refractivity contribution in [2.24, 2.45) is 0 Å². The molecule has 1 saturated heterocycles. The molecule has 90 valence electrons. The van der Waals surface area contributed by atoms with Gasteiger partial charge in [0.2, 0.25) is 10.0 Å². The van der Waals surface area contributed by atoms with Gasteiger partial charge in [-0.05, 0) is 6.92 Å². The predicted octanol–water partition coefficient (Wildman–Crippen LogP) is -0.986. The van der Waals surface area contributed by atoms with Crippen LogP contribution in [0.15, 0.2) is 0 Å². The summed E-state index contributed by atoms with van der Waals surface area (Å²) in [6.07, 6.45) is -0.829. The van der Waals surface area contributed by atoms with Crippen LogP contribution in [-0.4, -0.2) is 54.8 Å². The normalized spacial score (nSPS) is 24.6. The first-order chi connectivity index (χ1) is 7.39. The number of rotatable bonds is 3. The van der Waals surface area contributed by atoms with Crippen LogP contribution in [0.3, 0.4) is 0 Å². The molecule has 0 aliphatic carbocycles. The molecule has 2 atom stereocenters. The molecule has 1 rings (SSSR count). The summed E-state index contributed by atoms with van der Waals surface area (Å²) in [6.45, 7) is 1.17. The number of morpholine rings is 1. The molecule has 8 heteroatoms. The van der Waals surface area contributed by atoms with Gasteiger partial charge in [-0.2, -0.15) is 9.57 Å². The number of hydrogen-bond acceptors (Lipinski definition) is 5. The lowest BCUT2D eigenvalue weighted by Crippen LogP contribution is -2.49. The van der Waals surface area contributed by atoms with Gasteiger partial charge in [-0.25, -0.2) is 8.42 Å². The van der Waals surface area contributed by atoms with Crippen molar-refractivity contribution in [3.63, 3.8) is 0 Å². The first-order valence-electron chi connectivity index (χ1n) is 4.62. The van der Waals surface area contributed by atoms with E-state index in [1.54, 1.807) is 6.07 Å². The third-order valence-corrected chi connectivity index (χ3v) is 4.47. The van der Waals surface area contributed by atoms with Crippen LogP contribution in [0.1, 0.15) is 6.92 Å². The van der Waals surface area contributed by atoms with E-state index in [4.69, 9.17) is 15.1 Å². The van der Waals surface area contributed by atoms with Crippen LogP contribution in [0, 0.1) is 11.3 Å². The van der Waals surface area contributed by atoms with E-state index in [-0.39, 0.29) is 19.7 Å². The first-order valence-corrected chi connectivity index (χ1v) is 6.13. The fourth-order valence-electron chi connectivity index (χ4n) is 1.29. The van der Waals surface area contributed by atoms with Gasteiger partial charge in [-0.3, -0.25) is 4.79 Å². The zero-order valence-electron chi connectivity index (χ0n) is 8.66. The van der Waals surface area contributed by atoms with E-state index in [0.717, 1.165) is 11.2 Å². The van der Waals surface area contributed by atoms with Gasteiger partial charge in [0.1, 0.15) is 0 Å². The molecule has 0 aromatic heterocycles. The summed E-state index contributed by atoms with van der Waals surface area (Å²) in [7, 11) is -3.90. The predicted molar refractivity (Wildman–Crippen MR) is 52.9 cm³/mol. The van der Waals surface area contributed by atoms with Crippen molar-refractivity contribution in [3.8, 4) is 6.07 Å². The lowest BCUT2D eigenvalue weighted by atomic mass is 10.3. The van der Waals surface area contributed by atoms with Crippen molar-refractivity contribution in [2.75, 3.05) is 19.7 Å². The Hall–Kier alpha value is -1.17. The van der Waals surface area contributed by atoms with Crippen LogP contribution < -0.4 is 0 Å². The lowest BCUT2D eigenvalue weighted by molar-refractivity contribution is -0.136. The van der Waals surface area contributed by atoms with Crippen LogP contribution in [0.25, 0.3) is 0 Å².